The van der Waals surface area contributed by atoms with Crippen LogP contribution in [-0.4, -0.2) is 16.7 Å². The second-order valence-electron chi connectivity index (χ2n) is 3.26. The predicted octanol–water partition coefficient (Wildman–Crippen LogP) is 1.37. The third-order valence-electron chi connectivity index (χ3n) is 2.33. The van der Waals surface area contributed by atoms with Crippen LogP contribution in [0, 0.1) is 0 Å². The van der Waals surface area contributed by atoms with E-state index in [9.17, 15) is 5.11 Å². The molecule has 0 bridgehead atoms. The van der Waals surface area contributed by atoms with Crippen molar-refractivity contribution in [3.05, 3.63) is 36.0 Å². The highest BCUT2D eigenvalue weighted by atomic mass is 16.6. The SMILES string of the molecule is NOCCc1ccc(O)c2ncccc12. The highest BCUT2D eigenvalue weighted by Crippen LogP contribution is 2.25. The fourth-order valence-corrected chi connectivity index (χ4v) is 1.60. The molecule has 1 aromatic heterocycles. The summed E-state index contributed by atoms with van der Waals surface area (Å²) in [6.07, 6.45) is 2.37. The van der Waals surface area contributed by atoms with Crippen LogP contribution in [0.3, 0.4) is 0 Å². The van der Waals surface area contributed by atoms with Crippen molar-refractivity contribution in [1.82, 2.24) is 4.98 Å². The topological polar surface area (TPSA) is 68.4 Å². The van der Waals surface area contributed by atoms with Gasteiger partial charge in [0, 0.05) is 11.6 Å². The Labute approximate surface area is 87.3 Å². The molecule has 0 aliphatic rings. The number of pyridine rings is 1. The number of phenols is 1. The molecule has 0 saturated heterocycles. The van der Waals surface area contributed by atoms with Crippen molar-refractivity contribution in [2.45, 2.75) is 6.42 Å². The number of rotatable bonds is 3. The first-order valence-electron chi connectivity index (χ1n) is 4.70. The molecule has 0 aliphatic carbocycles. The Kier molecular flexibility index (Phi) is 2.80. The Bertz CT molecular complexity index is 471. The maximum absolute atomic E-state index is 9.60. The fourth-order valence-electron chi connectivity index (χ4n) is 1.60. The summed E-state index contributed by atoms with van der Waals surface area (Å²) in [4.78, 5) is 8.67. The Morgan fingerprint density at radius 1 is 1.33 bits per heavy atom. The van der Waals surface area contributed by atoms with E-state index in [1.807, 2.05) is 18.2 Å². The van der Waals surface area contributed by atoms with Crippen LogP contribution < -0.4 is 5.90 Å². The Morgan fingerprint density at radius 3 is 3.00 bits per heavy atom. The molecule has 2 aromatic rings. The molecule has 0 amide bonds. The molecule has 2 rings (SSSR count). The van der Waals surface area contributed by atoms with Gasteiger partial charge in [-0.15, -0.1) is 0 Å². The Morgan fingerprint density at radius 2 is 2.20 bits per heavy atom. The number of hydrogen-bond donors (Lipinski definition) is 2. The monoisotopic (exact) mass is 204 g/mol. The molecule has 4 heteroatoms. The van der Waals surface area contributed by atoms with Gasteiger partial charge in [0.2, 0.25) is 0 Å². The van der Waals surface area contributed by atoms with Gasteiger partial charge in [-0.2, -0.15) is 0 Å². The van der Waals surface area contributed by atoms with Crippen molar-refractivity contribution < 1.29 is 9.94 Å². The molecule has 0 radical (unpaired) electrons. The number of fused-ring (bicyclic) bond motifs is 1. The maximum atomic E-state index is 9.60. The number of aromatic nitrogens is 1. The zero-order valence-corrected chi connectivity index (χ0v) is 8.18. The normalized spacial score (nSPS) is 10.7. The van der Waals surface area contributed by atoms with Crippen LogP contribution in [-0.2, 0) is 11.3 Å². The zero-order chi connectivity index (χ0) is 10.7. The third kappa shape index (κ3) is 1.91. The second-order valence-corrected chi connectivity index (χ2v) is 3.26. The van der Waals surface area contributed by atoms with Gasteiger partial charge in [-0.05, 0) is 24.1 Å². The summed E-state index contributed by atoms with van der Waals surface area (Å²) in [7, 11) is 0. The molecule has 1 heterocycles. The molecule has 1 aromatic carbocycles. The number of hydrogen-bond acceptors (Lipinski definition) is 4. The standard InChI is InChI=1S/C11H12N2O2/c12-15-7-5-8-3-4-10(14)11-9(8)2-1-6-13-11/h1-4,6,14H,5,7,12H2. The van der Waals surface area contributed by atoms with Gasteiger partial charge in [-0.3, -0.25) is 4.98 Å². The Hall–Kier alpha value is -1.65. The molecule has 15 heavy (non-hydrogen) atoms. The lowest BCUT2D eigenvalue weighted by molar-refractivity contribution is 0.141. The average molecular weight is 204 g/mol. The third-order valence-corrected chi connectivity index (χ3v) is 2.33. The highest BCUT2D eigenvalue weighted by molar-refractivity contribution is 5.87. The first-order valence-corrected chi connectivity index (χ1v) is 4.70. The lowest BCUT2D eigenvalue weighted by Gasteiger charge is -2.06. The van der Waals surface area contributed by atoms with Crippen molar-refractivity contribution >= 4 is 10.9 Å². The van der Waals surface area contributed by atoms with Gasteiger partial charge >= 0.3 is 0 Å². The minimum absolute atomic E-state index is 0.197. The summed E-state index contributed by atoms with van der Waals surface area (Å²) in [5.74, 6) is 5.18. The van der Waals surface area contributed by atoms with Crippen LogP contribution in [0.1, 0.15) is 5.56 Å². The van der Waals surface area contributed by atoms with Gasteiger partial charge in [0.15, 0.2) is 0 Å². The Balaban J connectivity index is 2.51. The zero-order valence-electron chi connectivity index (χ0n) is 8.18. The van der Waals surface area contributed by atoms with Crippen molar-refractivity contribution in [1.29, 1.82) is 0 Å². The molecule has 78 valence electrons. The van der Waals surface area contributed by atoms with E-state index in [1.165, 1.54) is 0 Å². The van der Waals surface area contributed by atoms with Crippen LogP contribution in [0.5, 0.6) is 5.75 Å². The van der Waals surface area contributed by atoms with E-state index in [0.717, 1.165) is 10.9 Å². The van der Waals surface area contributed by atoms with Crippen LogP contribution in [0.2, 0.25) is 0 Å². The minimum Gasteiger partial charge on any atom is -0.506 e. The summed E-state index contributed by atoms with van der Waals surface area (Å²) in [6.45, 7) is 0.453. The average Bonchev–Trinajstić information content (AvgIpc) is 2.29. The van der Waals surface area contributed by atoms with Gasteiger partial charge in [0.05, 0.1) is 6.61 Å². The van der Waals surface area contributed by atoms with Crippen molar-refractivity contribution in [2.75, 3.05) is 6.61 Å². The maximum Gasteiger partial charge on any atom is 0.141 e. The van der Waals surface area contributed by atoms with Crippen LogP contribution >= 0.6 is 0 Å². The molecule has 4 nitrogen and oxygen atoms in total. The predicted molar refractivity (Wildman–Crippen MR) is 57.3 cm³/mol. The molecule has 0 unspecified atom stereocenters. The number of benzene rings is 1. The van der Waals surface area contributed by atoms with E-state index < -0.39 is 0 Å². The summed E-state index contributed by atoms with van der Waals surface area (Å²) < 4.78 is 0. The van der Waals surface area contributed by atoms with E-state index in [-0.39, 0.29) is 5.75 Å². The quantitative estimate of drug-likeness (QED) is 0.741. The van der Waals surface area contributed by atoms with E-state index in [2.05, 4.69) is 9.82 Å². The molecule has 0 fully saturated rings. The second kappa shape index (κ2) is 4.25. The van der Waals surface area contributed by atoms with Crippen molar-refractivity contribution in [3.8, 4) is 5.75 Å². The van der Waals surface area contributed by atoms with Crippen molar-refractivity contribution in [3.63, 3.8) is 0 Å². The molecule has 0 atom stereocenters. The minimum atomic E-state index is 0.197. The lowest BCUT2D eigenvalue weighted by atomic mass is 10.1. The summed E-state index contributed by atoms with van der Waals surface area (Å²) >= 11 is 0. The first kappa shape index (κ1) is 9.89. The molecular weight excluding hydrogens is 192 g/mol. The molecule has 0 aliphatic heterocycles. The summed E-state index contributed by atoms with van der Waals surface area (Å²) in [5.41, 5.74) is 1.69. The number of nitrogens with zero attached hydrogens (tertiary/aromatic N) is 1. The molecule has 0 saturated carbocycles. The van der Waals surface area contributed by atoms with Gasteiger partial charge in [0.1, 0.15) is 11.3 Å². The molecule has 3 N–H and O–H groups in total. The fraction of sp³-hybridized carbons (Fsp3) is 0.182. The summed E-state index contributed by atoms with van der Waals surface area (Å²) in [6, 6.07) is 7.27. The van der Waals surface area contributed by atoms with Gasteiger partial charge < -0.3 is 9.94 Å². The summed E-state index contributed by atoms with van der Waals surface area (Å²) in [5, 5.41) is 10.5. The van der Waals surface area contributed by atoms with Crippen LogP contribution in [0.4, 0.5) is 0 Å². The van der Waals surface area contributed by atoms with E-state index in [0.29, 0.717) is 18.5 Å². The van der Waals surface area contributed by atoms with Crippen LogP contribution in [0.25, 0.3) is 10.9 Å². The number of aromatic hydroxyl groups is 1. The van der Waals surface area contributed by atoms with E-state index >= 15 is 0 Å². The van der Waals surface area contributed by atoms with E-state index in [1.54, 1.807) is 12.3 Å². The largest absolute Gasteiger partial charge is 0.506 e. The number of phenolic OH excluding ortho intramolecular Hbond substituents is 1. The smallest absolute Gasteiger partial charge is 0.141 e. The lowest BCUT2D eigenvalue weighted by Crippen LogP contribution is -2.04. The van der Waals surface area contributed by atoms with Crippen molar-refractivity contribution in [2.24, 2.45) is 5.90 Å². The molecule has 0 spiro atoms. The number of nitrogens with two attached hydrogens (primary N) is 1. The molecular formula is C11H12N2O2. The van der Waals surface area contributed by atoms with Gasteiger partial charge in [0.25, 0.3) is 0 Å². The van der Waals surface area contributed by atoms with Gasteiger partial charge in [-0.25, -0.2) is 5.90 Å². The van der Waals surface area contributed by atoms with Crippen LogP contribution in [0.15, 0.2) is 30.5 Å². The van der Waals surface area contributed by atoms with Gasteiger partial charge in [-0.1, -0.05) is 12.1 Å². The van der Waals surface area contributed by atoms with E-state index in [4.69, 9.17) is 5.90 Å². The highest BCUT2D eigenvalue weighted by Gasteiger charge is 2.05. The first-order chi connectivity index (χ1) is 7.33.